The number of hydrogen-bond donors (Lipinski definition) is 0. The molecule has 1 aliphatic heterocycles. The Kier molecular flexibility index (Phi) is 4.89. The molecule has 1 saturated heterocycles. The van der Waals surface area contributed by atoms with Crippen LogP contribution < -0.4 is 5.56 Å². The second kappa shape index (κ2) is 7.35. The molecule has 0 N–H and O–H groups in total. The van der Waals surface area contributed by atoms with E-state index < -0.39 is 0 Å². The molecule has 8 heteroatoms. The number of nitrogens with zero attached hydrogens (tertiary/aromatic N) is 6. The molecule has 0 atom stereocenters. The Hall–Kier alpha value is -2.74. The molecule has 8 nitrogen and oxygen atoms in total. The first-order valence-corrected chi connectivity index (χ1v) is 9.70. The highest BCUT2D eigenvalue weighted by atomic mass is 16.5. The summed E-state index contributed by atoms with van der Waals surface area (Å²) in [7, 11) is 0. The number of aromatic nitrogens is 5. The fourth-order valence-corrected chi connectivity index (χ4v) is 3.92. The van der Waals surface area contributed by atoms with Crippen molar-refractivity contribution in [2.75, 3.05) is 13.1 Å². The Morgan fingerprint density at radius 2 is 1.86 bits per heavy atom. The first-order valence-electron chi connectivity index (χ1n) is 9.70. The monoisotopic (exact) mass is 382 g/mol. The van der Waals surface area contributed by atoms with Gasteiger partial charge in [0.15, 0.2) is 5.82 Å². The van der Waals surface area contributed by atoms with E-state index in [2.05, 4.69) is 20.3 Å². The molecule has 0 amide bonds. The van der Waals surface area contributed by atoms with Crippen molar-refractivity contribution < 1.29 is 4.52 Å². The summed E-state index contributed by atoms with van der Waals surface area (Å²) in [6.45, 7) is 10.5. The smallest absolute Gasteiger partial charge is 0.267 e. The van der Waals surface area contributed by atoms with Crippen molar-refractivity contribution in [1.82, 2.24) is 29.6 Å². The highest BCUT2D eigenvalue weighted by Gasteiger charge is 2.24. The summed E-state index contributed by atoms with van der Waals surface area (Å²) in [6, 6.07) is 5.44. The molecule has 3 aromatic rings. The van der Waals surface area contributed by atoms with Crippen molar-refractivity contribution in [1.29, 1.82) is 0 Å². The first kappa shape index (κ1) is 18.6. The van der Waals surface area contributed by atoms with E-state index in [0.29, 0.717) is 5.82 Å². The van der Waals surface area contributed by atoms with Crippen molar-refractivity contribution >= 4 is 0 Å². The number of hydrogen-bond acceptors (Lipinski definition) is 6. The minimum Gasteiger partial charge on any atom is -0.361 e. The van der Waals surface area contributed by atoms with Gasteiger partial charge in [0.05, 0.1) is 17.4 Å². The zero-order valence-corrected chi connectivity index (χ0v) is 16.8. The summed E-state index contributed by atoms with van der Waals surface area (Å²) >= 11 is 0. The van der Waals surface area contributed by atoms with Crippen LogP contribution in [0.2, 0.25) is 0 Å². The number of aryl methyl sites for hydroxylation is 4. The fourth-order valence-electron chi connectivity index (χ4n) is 3.92. The Morgan fingerprint density at radius 1 is 1.11 bits per heavy atom. The molecule has 3 aromatic heterocycles. The van der Waals surface area contributed by atoms with Crippen LogP contribution in [0, 0.1) is 27.7 Å². The van der Waals surface area contributed by atoms with E-state index in [0.717, 1.165) is 55.3 Å². The second-order valence-corrected chi connectivity index (χ2v) is 7.62. The third-order valence-electron chi connectivity index (χ3n) is 5.50. The predicted octanol–water partition coefficient (Wildman–Crippen LogP) is 2.49. The second-order valence-electron chi connectivity index (χ2n) is 7.62. The van der Waals surface area contributed by atoms with Crippen molar-refractivity contribution in [3.05, 3.63) is 57.0 Å². The third-order valence-corrected chi connectivity index (χ3v) is 5.50. The summed E-state index contributed by atoms with van der Waals surface area (Å²) < 4.78 is 8.70. The highest BCUT2D eigenvalue weighted by molar-refractivity contribution is 5.24. The van der Waals surface area contributed by atoms with Crippen LogP contribution in [-0.4, -0.2) is 42.7 Å². The van der Waals surface area contributed by atoms with E-state index in [4.69, 9.17) is 4.52 Å². The molecule has 0 unspecified atom stereocenters. The molecular weight excluding hydrogens is 356 g/mol. The van der Waals surface area contributed by atoms with Gasteiger partial charge in [-0.15, -0.1) is 5.10 Å². The quantitative estimate of drug-likeness (QED) is 0.689. The summed E-state index contributed by atoms with van der Waals surface area (Å²) in [5.41, 5.74) is 4.00. The summed E-state index contributed by atoms with van der Waals surface area (Å²) in [5, 5.41) is 13.2. The molecule has 1 aliphatic rings. The number of likely N-dealkylation sites (tertiary alicyclic amines) is 1. The Morgan fingerprint density at radius 3 is 2.46 bits per heavy atom. The predicted molar refractivity (Wildman–Crippen MR) is 105 cm³/mol. The lowest BCUT2D eigenvalue weighted by molar-refractivity contribution is 0.169. The summed E-state index contributed by atoms with van der Waals surface area (Å²) in [5.74, 6) is 1.57. The van der Waals surface area contributed by atoms with Crippen LogP contribution in [0.25, 0.3) is 5.82 Å². The first-order chi connectivity index (χ1) is 13.4. The van der Waals surface area contributed by atoms with E-state index in [-0.39, 0.29) is 11.6 Å². The van der Waals surface area contributed by atoms with Crippen LogP contribution in [0.5, 0.6) is 0 Å². The Balaban J connectivity index is 1.49. The standard InChI is InChI=1S/C20H26N6O2/c1-13-11-14(2)25(21-13)19-5-6-20(27)26(22-19)17-7-9-24(10-8-17)12-18-15(3)23-28-16(18)4/h5-6,11,17H,7-10,12H2,1-4H3. The molecule has 28 heavy (non-hydrogen) atoms. The van der Waals surface area contributed by atoms with Gasteiger partial charge in [-0.2, -0.15) is 5.10 Å². The minimum absolute atomic E-state index is 0.0607. The average molecular weight is 382 g/mol. The van der Waals surface area contributed by atoms with Crippen LogP contribution in [0.1, 0.15) is 47.3 Å². The van der Waals surface area contributed by atoms with Gasteiger partial charge in [0.25, 0.3) is 5.56 Å². The van der Waals surface area contributed by atoms with E-state index in [1.807, 2.05) is 33.8 Å². The van der Waals surface area contributed by atoms with E-state index in [1.165, 1.54) is 5.56 Å². The molecule has 4 heterocycles. The SMILES string of the molecule is Cc1cc(C)n(-c2ccc(=O)n(C3CCN(Cc4c(C)noc4C)CC3)n2)n1. The van der Waals surface area contributed by atoms with Crippen molar-refractivity contribution in [3.63, 3.8) is 0 Å². The number of piperidine rings is 1. The molecule has 1 fully saturated rings. The lowest BCUT2D eigenvalue weighted by Crippen LogP contribution is -2.38. The summed E-state index contributed by atoms with van der Waals surface area (Å²) in [6.07, 6.45) is 1.77. The third kappa shape index (κ3) is 3.52. The molecular formula is C20H26N6O2. The van der Waals surface area contributed by atoms with Crippen LogP contribution in [0.3, 0.4) is 0 Å². The van der Waals surface area contributed by atoms with Gasteiger partial charge in [0.2, 0.25) is 0 Å². The van der Waals surface area contributed by atoms with Gasteiger partial charge >= 0.3 is 0 Å². The van der Waals surface area contributed by atoms with Gasteiger partial charge in [0.1, 0.15) is 5.76 Å². The molecule has 4 rings (SSSR count). The van der Waals surface area contributed by atoms with Gasteiger partial charge in [-0.05, 0) is 52.7 Å². The normalized spacial score (nSPS) is 16.0. The van der Waals surface area contributed by atoms with E-state index >= 15 is 0 Å². The van der Waals surface area contributed by atoms with Crippen molar-refractivity contribution in [2.24, 2.45) is 0 Å². The van der Waals surface area contributed by atoms with Crippen molar-refractivity contribution in [3.8, 4) is 5.82 Å². The van der Waals surface area contributed by atoms with Crippen LogP contribution in [0.15, 0.2) is 27.5 Å². The highest BCUT2D eigenvalue weighted by Crippen LogP contribution is 2.24. The van der Waals surface area contributed by atoms with E-state index in [1.54, 1.807) is 21.5 Å². The molecule has 0 bridgehead atoms. The molecule has 0 radical (unpaired) electrons. The molecule has 148 valence electrons. The maximum Gasteiger partial charge on any atom is 0.267 e. The summed E-state index contributed by atoms with van der Waals surface area (Å²) in [4.78, 5) is 14.8. The Bertz CT molecular complexity index is 1020. The maximum atomic E-state index is 12.5. The van der Waals surface area contributed by atoms with Gasteiger partial charge in [0, 0.05) is 37.0 Å². The maximum absolute atomic E-state index is 12.5. The van der Waals surface area contributed by atoms with Crippen LogP contribution in [0.4, 0.5) is 0 Å². The largest absolute Gasteiger partial charge is 0.361 e. The lowest BCUT2D eigenvalue weighted by Gasteiger charge is -2.32. The van der Waals surface area contributed by atoms with Crippen LogP contribution in [-0.2, 0) is 6.54 Å². The van der Waals surface area contributed by atoms with E-state index in [9.17, 15) is 4.79 Å². The zero-order valence-electron chi connectivity index (χ0n) is 16.8. The van der Waals surface area contributed by atoms with Gasteiger partial charge in [-0.1, -0.05) is 5.16 Å². The van der Waals surface area contributed by atoms with Gasteiger partial charge in [-0.25, -0.2) is 9.36 Å². The van der Waals surface area contributed by atoms with Gasteiger partial charge < -0.3 is 4.52 Å². The molecule has 0 aliphatic carbocycles. The van der Waals surface area contributed by atoms with Gasteiger partial charge in [-0.3, -0.25) is 9.69 Å². The molecule has 0 saturated carbocycles. The van der Waals surface area contributed by atoms with Crippen molar-refractivity contribution in [2.45, 2.75) is 53.1 Å². The minimum atomic E-state index is -0.0607. The molecule has 0 aromatic carbocycles. The lowest BCUT2D eigenvalue weighted by atomic mass is 10.0. The van der Waals surface area contributed by atoms with Crippen LogP contribution >= 0.6 is 0 Å². The average Bonchev–Trinajstić information content (AvgIpc) is 3.18. The number of rotatable bonds is 4. The topological polar surface area (TPSA) is 82.0 Å². The zero-order chi connectivity index (χ0) is 19.8. The Labute approximate surface area is 163 Å². The fraction of sp³-hybridized carbons (Fsp3) is 0.500. The molecule has 0 spiro atoms.